The maximum absolute atomic E-state index is 11.5. The van der Waals surface area contributed by atoms with Crippen LogP contribution in [0.25, 0.3) is 0 Å². The molecule has 17 heavy (non-hydrogen) atoms. The Morgan fingerprint density at radius 2 is 1.94 bits per heavy atom. The highest BCUT2D eigenvalue weighted by atomic mass is 32.2. The van der Waals surface area contributed by atoms with E-state index < -0.39 is 37.5 Å². The fourth-order valence-electron chi connectivity index (χ4n) is 0.977. The number of furan rings is 1. The Kier molecular flexibility index (Phi) is 4.27. The van der Waals surface area contributed by atoms with Crippen molar-refractivity contribution in [2.24, 2.45) is 5.14 Å². The van der Waals surface area contributed by atoms with E-state index in [1.165, 1.54) is 6.07 Å². The lowest BCUT2D eigenvalue weighted by molar-refractivity contribution is 0.236. The summed E-state index contributed by atoms with van der Waals surface area (Å²) >= 11 is 0. The van der Waals surface area contributed by atoms with Crippen LogP contribution in [0.15, 0.2) is 21.6 Å². The molecule has 0 aromatic carbocycles. The molecule has 0 saturated heterocycles. The van der Waals surface area contributed by atoms with Gasteiger partial charge in [0.1, 0.15) is 12.4 Å². The minimum atomic E-state index is -3.92. The van der Waals surface area contributed by atoms with Crippen LogP contribution in [0.5, 0.6) is 0 Å². The Balaban J connectivity index is 2.69. The fraction of sp³-hybridized carbons (Fsp3) is 0.429. The number of nitrogens with one attached hydrogen (secondary N) is 1. The van der Waals surface area contributed by atoms with Crippen LogP contribution in [0.4, 0.5) is 0 Å². The van der Waals surface area contributed by atoms with E-state index in [-0.39, 0.29) is 12.3 Å². The molecule has 1 aromatic heterocycles. The van der Waals surface area contributed by atoms with E-state index >= 15 is 0 Å². The first-order chi connectivity index (χ1) is 7.74. The predicted molar refractivity (Wildman–Crippen MR) is 57.8 cm³/mol. The standard InChI is InChI=1S/C7H12N2O6S2/c8-16(11,12)4-3-9-17(13,14)7-2-1-6(5-10)15-7/h1-2,9-10H,3-5H2,(H2,8,11,12). The molecule has 0 aliphatic carbocycles. The molecule has 1 aromatic rings. The SMILES string of the molecule is NS(=O)(=O)CCNS(=O)(=O)c1ccc(CO)o1. The van der Waals surface area contributed by atoms with Gasteiger partial charge >= 0.3 is 0 Å². The highest BCUT2D eigenvalue weighted by Gasteiger charge is 2.18. The number of hydrogen-bond acceptors (Lipinski definition) is 6. The highest BCUT2D eigenvalue weighted by Crippen LogP contribution is 2.13. The van der Waals surface area contributed by atoms with Gasteiger partial charge in [0.05, 0.1) is 5.75 Å². The first-order valence-electron chi connectivity index (χ1n) is 4.44. The normalized spacial score (nSPS) is 12.8. The van der Waals surface area contributed by atoms with Crippen LogP contribution in [0.3, 0.4) is 0 Å². The third kappa shape index (κ3) is 4.44. The van der Waals surface area contributed by atoms with Gasteiger partial charge in [-0.3, -0.25) is 0 Å². The van der Waals surface area contributed by atoms with Crippen molar-refractivity contribution in [3.63, 3.8) is 0 Å². The molecule has 98 valence electrons. The van der Waals surface area contributed by atoms with Gasteiger partial charge in [-0.1, -0.05) is 0 Å². The summed E-state index contributed by atoms with van der Waals surface area (Å²) in [5.74, 6) is -0.420. The van der Waals surface area contributed by atoms with Crippen molar-refractivity contribution in [3.8, 4) is 0 Å². The Labute approximate surface area is 98.5 Å². The molecule has 0 fully saturated rings. The summed E-state index contributed by atoms with van der Waals surface area (Å²) in [5, 5.41) is 13.0. The third-order valence-corrected chi connectivity index (χ3v) is 3.84. The largest absolute Gasteiger partial charge is 0.446 e. The van der Waals surface area contributed by atoms with E-state index in [1.807, 2.05) is 4.72 Å². The molecule has 0 spiro atoms. The summed E-state index contributed by atoms with van der Waals surface area (Å²) < 4.78 is 51.0. The van der Waals surface area contributed by atoms with Gasteiger partial charge in [-0.05, 0) is 12.1 Å². The second-order valence-corrected chi connectivity index (χ2v) is 6.58. The van der Waals surface area contributed by atoms with Crippen LogP contribution >= 0.6 is 0 Å². The first-order valence-corrected chi connectivity index (χ1v) is 7.64. The van der Waals surface area contributed by atoms with Crippen molar-refractivity contribution < 1.29 is 26.4 Å². The van der Waals surface area contributed by atoms with Crippen molar-refractivity contribution in [1.29, 1.82) is 0 Å². The van der Waals surface area contributed by atoms with Crippen LogP contribution < -0.4 is 9.86 Å². The van der Waals surface area contributed by atoms with E-state index in [0.29, 0.717) is 0 Å². The molecule has 0 saturated carbocycles. The summed E-state index contributed by atoms with van der Waals surface area (Å²) in [7, 11) is -7.65. The Bertz CT molecular complexity index is 573. The molecular formula is C7H12N2O6S2. The Morgan fingerprint density at radius 1 is 1.29 bits per heavy atom. The molecule has 0 amide bonds. The van der Waals surface area contributed by atoms with Crippen molar-refractivity contribution in [2.45, 2.75) is 11.7 Å². The molecule has 0 radical (unpaired) electrons. The Hall–Kier alpha value is -0.940. The quantitative estimate of drug-likeness (QED) is 0.571. The Morgan fingerprint density at radius 3 is 2.41 bits per heavy atom. The van der Waals surface area contributed by atoms with Crippen LogP contribution in [-0.4, -0.2) is 34.2 Å². The summed E-state index contributed by atoms with van der Waals surface area (Å²) in [6.07, 6.45) is 0. The second kappa shape index (κ2) is 5.14. The number of aliphatic hydroxyl groups is 1. The van der Waals surface area contributed by atoms with Crippen molar-refractivity contribution >= 4 is 20.0 Å². The van der Waals surface area contributed by atoms with E-state index in [0.717, 1.165) is 6.07 Å². The number of primary sulfonamides is 1. The molecule has 1 rings (SSSR count). The smallest absolute Gasteiger partial charge is 0.273 e. The molecule has 0 aliphatic heterocycles. The molecule has 1 heterocycles. The number of hydrogen-bond donors (Lipinski definition) is 3. The minimum absolute atomic E-state index is 0.0943. The molecule has 4 N–H and O–H groups in total. The maximum atomic E-state index is 11.5. The zero-order chi connectivity index (χ0) is 13.1. The fourth-order valence-corrected chi connectivity index (χ4v) is 2.47. The van der Waals surface area contributed by atoms with Crippen molar-refractivity contribution in [1.82, 2.24) is 4.72 Å². The van der Waals surface area contributed by atoms with Gasteiger partial charge < -0.3 is 9.52 Å². The number of aliphatic hydroxyl groups excluding tert-OH is 1. The summed E-state index contributed by atoms with van der Waals surface area (Å²) in [4.78, 5) is 0. The van der Waals surface area contributed by atoms with Crippen LogP contribution in [-0.2, 0) is 26.7 Å². The van der Waals surface area contributed by atoms with E-state index in [2.05, 4.69) is 0 Å². The zero-order valence-corrected chi connectivity index (χ0v) is 10.3. The van der Waals surface area contributed by atoms with Gasteiger partial charge in [0.15, 0.2) is 0 Å². The average molecular weight is 284 g/mol. The highest BCUT2D eigenvalue weighted by molar-refractivity contribution is 7.90. The number of sulfonamides is 2. The topological polar surface area (TPSA) is 140 Å². The molecule has 10 heteroatoms. The van der Waals surface area contributed by atoms with Crippen LogP contribution in [0.1, 0.15) is 5.76 Å². The lowest BCUT2D eigenvalue weighted by Crippen LogP contribution is -2.31. The van der Waals surface area contributed by atoms with Crippen molar-refractivity contribution in [2.75, 3.05) is 12.3 Å². The van der Waals surface area contributed by atoms with Crippen LogP contribution in [0, 0.1) is 0 Å². The molecule has 8 nitrogen and oxygen atoms in total. The van der Waals surface area contributed by atoms with Gasteiger partial charge in [0, 0.05) is 6.54 Å². The molecular weight excluding hydrogens is 272 g/mol. The predicted octanol–water partition coefficient (Wildman–Crippen LogP) is -1.66. The molecule has 0 atom stereocenters. The van der Waals surface area contributed by atoms with Crippen LogP contribution in [0.2, 0.25) is 0 Å². The van der Waals surface area contributed by atoms with Gasteiger partial charge in [-0.2, -0.15) is 0 Å². The minimum Gasteiger partial charge on any atom is -0.446 e. The number of nitrogens with two attached hydrogens (primary N) is 1. The first kappa shape index (κ1) is 14.1. The van der Waals surface area contributed by atoms with Gasteiger partial charge in [0.2, 0.25) is 15.1 Å². The van der Waals surface area contributed by atoms with E-state index in [4.69, 9.17) is 14.7 Å². The lowest BCUT2D eigenvalue weighted by atomic mass is 10.5. The van der Waals surface area contributed by atoms with Gasteiger partial charge in [-0.15, -0.1) is 0 Å². The summed E-state index contributed by atoms with van der Waals surface area (Å²) in [6.45, 7) is -0.775. The molecule has 0 bridgehead atoms. The average Bonchev–Trinajstić information content (AvgIpc) is 2.63. The molecule has 0 aliphatic rings. The lowest BCUT2D eigenvalue weighted by Gasteiger charge is -2.02. The van der Waals surface area contributed by atoms with Gasteiger partial charge in [0.25, 0.3) is 10.0 Å². The zero-order valence-electron chi connectivity index (χ0n) is 8.66. The molecule has 0 unspecified atom stereocenters. The second-order valence-electron chi connectivity index (χ2n) is 3.14. The number of rotatable bonds is 6. The van der Waals surface area contributed by atoms with E-state index in [9.17, 15) is 16.8 Å². The van der Waals surface area contributed by atoms with Crippen molar-refractivity contribution in [3.05, 3.63) is 17.9 Å². The van der Waals surface area contributed by atoms with Gasteiger partial charge in [-0.25, -0.2) is 26.7 Å². The third-order valence-electron chi connectivity index (χ3n) is 1.74. The van der Waals surface area contributed by atoms with E-state index in [1.54, 1.807) is 0 Å². The maximum Gasteiger partial charge on any atom is 0.273 e. The monoisotopic (exact) mass is 284 g/mol. The summed E-state index contributed by atoms with van der Waals surface area (Å²) in [6, 6.07) is 2.46. The summed E-state index contributed by atoms with van der Waals surface area (Å²) in [5.41, 5.74) is 0.